The normalized spacial score (nSPS) is 14.5. The molecule has 100 valence electrons. The van der Waals surface area contributed by atoms with Crippen molar-refractivity contribution in [3.8, 4) is 0 Å². The molecule has 0 aromatic heterocycles. The number of nitrogens with zero attached hydrogens (tertiary/aromatic N) is 1. The third kappa shape index (κ3) is 5.19. The van der Waals surface area contributed by atoms with E-state index < -0.39 is 0 Å². The summed E-state index contributed by atoms with van der Waals surface area (Å²) >= 11 is 0. The molecule has 4 N–H and O–H groups in total. The molecule has 0 saturated heterocycles. The quantitative estimate of drug-likeness (QED) is 0.325. The Morgan fingerprint density at radius 1 is 1.33 bits per heavy atom. The summed E-state index contributed by atoms with van der Waals surface area (Å²) in [6, 6.07) is 10.1. The van der Waals surface area contributed by atoms with Crippen molar-refractivity contribution >= 4 is 5.84 Å². The standard InChI is InChI=1S/C14H23N3O/c1-14(2,3)10-16-12(9-13(15)17-18)11-7-5-4-6-8-11/h4-8,12,16,18H,9-10H2,1-3H3,(H2,15,17). The van der Waals surface area contributed by atoms with Crippen LogP contribution in [0, 0.1) is 5.41 Å². The van der Waals surface area contributed by atoms with Crippen LogP contribution in [0.4, 0.5) is 0 Å². The van der Waals surface area contributed by atoms with E-state index in [9.17, 15) is 0 Å². The summed E-state index contributed by atoms with van der Waals surface area (Å²) in [5, 5.41) is 15.2. The summed E-state index contributed by atoms with van der Waals surface area (Å²) in [6.07, 6.45) is 0.497. The number of hydrogen-bond donors (Lipinski definition) is 3. The summed E-state index contributed by atoms with van der Waals surface area (Å²) in [5.41, 5.74) is 6.95. The van der Waals surface area contributed by atoms with Crippen molar-refractivity contribution in [3.05, 3.63) is 35.9 Å². The van der Waals surface area contributed by atoms with Gasteiger partial charge in [0, 0.05) is 19.0 Å². The minimum absolute atomic E-state index is 0.0707. The molecule has 0 spiro atoms. The lowest BCUT2D eigenvalue weighted by molar-refractivity contribution is 0.313. The Labute approximate surface area is 109 Å². The second-order valence-corrected chi connectivity index (χ2v) is 5.70. The van der Waals surface area contributed by atoms with Gasteiger partial charge in [-0.05, 0) is 11.0 Å². The average molecular weight is 249 g/mol. The molecule has 1 unspecified atom stereocenters. The Hall–Kier alpha value is -1.55. The van der Waals surface area contributed by atoms with Crippen LogP contribution in [0.25, 0.3) is 0 Å². The molecule has 0 saturated carbocycles. The highest BCUT2D eigenvalue weighted by molar-refractivity contribution is 5.80. The van der Waals surface area contributed by atoms with E-state index >= 15 is 0 Å². The Kier molecular flexibility index (Phi) is 5.16. The third-order valence-electron chi connectivity index (χ3n) is 2.62. The fraction of sp³-hybridized carbons (Fsp3) is 0.500. The zero-order valence-corrected chi connectivity index (χ0v) is 11.4. The minimum atomic E-state index is 0.0707. The van der Waals surface area contributed by atoms with Gasteiger partial charge in [-0.15, -0.1) is 0 Å². The molecule has 1 aromatic carbocycles. The van der Waals surface area contributed by atoms with Crippen LogP contribution < -0.4 is 11.1 Å². The summed E-state index contributed by atoms with van der Waals surface area (Å²) in [7, 11) is 0. The van der Waals surface area contributed by atoms with Gasteiger partial charge in [0.25, 0.3) is 0 Å². The lowest BCUT2D eigenvalue weighted by Crippen LogP contribution is -2.33. The first-order valence-corrected chi connectivity index (χ1v) is 6.17. The van der Waals surface area contributed by atoms with E-state index in [4.69, 9.17) is 10.9 Å². The van der Waals surface area contributed by atoms with Crippen LogP contribution in [0.1, 0.15) is 38.8 Å². The molecule has 1 aromatic rings. The van der Waals surface area contributed by atoms with E-state index in [1.807, 2.05) is 30.3 Å². The van der Waals surface area contributed by atoms with Crippen molar-refractivity contribution in [2.75, 3.05) is 6.54 Å². The third-order valence-corrected chi connectivity index (χ3v) is 2.62. The first-order chi connectivity index (χ1) is 8.42. The predicted octanol–water partition coefficient (Wildman–Crippen LogP) is 2.50. The molecule has 4 nitrogen and oxygen atoms in total. The van der Waals surface area contributed by atoms with E-state index in [1.54, 1.807) is 0 Å². The summed E-state index contributed by atoms with van der Waals surface area (Å²) in [4.78, 5) is 0. The smallest absolute Gasteiger partial charge is 0.141 e. The van der Waals surface area contributed by atoms with Gasteiger partial charge in [-0.3, -0.25) is 0 Å². The SMILES string of the molecule is CC(C)(C)CNC(CC(N)=NO)c1ccccc1. The molecule has 0 aliphatic rings. The highest BCUT2D eigenvalue weighted by atomic mass is 16.4. The maximum absolute atomic E-state index is 8.69. The van der Waals surface area contributed by atoms with E-state index in [0.29, 0.717) is 6.42 Å². The summed E-state index contributed by atoms with van der Waals surface area (Å²) < 4.78 is 0. The van der Waals surface area contributed by atoms with Gasteiger partial charge in [-0.2, -0.15) is 0 Å². The number of amidine groups is 1. The van der Waals surface area contributed by atoms with Crippen LogP contribution in [0.3, 0.4) is 0 Å². The van der Waals surface area contributed by atoms with Crippen LogP contribution >= 0.6 is 0 Å². The Bertz CT molecular complexity index is 382. The molecule has 0 radical (unpaired) electrons. The molecule has 0 heterocycles. The van der Waals surface area contributed by atoms with Crippen molar-refractivity contribution in [2.45, 2.75) is 33.2 Å². The van der Waals surface area contributed by atoms with Gasteiger partial charge < -0.3 is 16.3 Å². The maximum Gasteiger partial charge on any atom is 0.141 e. The second kappa shape index (κ2) is 6.40. The van der Waals surface area contributed by atoms with Crippen LogP contribution in [0.2, 0.25) is 0 Å². The fourth-order valence-corrected chi connectivity index (χ4v) is 1.67. The lowest BCUT2D eigenvalue weighted by atomic mass is 9.95. The minimum Gasteiger partial charge on any atom is -0.409 e. The monoisotopic (exact) mass is 249 g/mol. The molecule has 1 rings (SSSR count). The van der Waals surface area contributed by atoms with Gasteiger partial charge in [-0.25, -0.2) is 0 Å². The first-order valence-electron chi connectivity index (χ1n) is 6.17. The van der Waals surface area contributed by atoms with Gasteiger partial charge in [0.1, 0.15) is 5.84 Å². The average Bonchev–Trinajstić information content (AvgIpc) is 2.34. The van der Waals surface area contributed by atoms with Gasteiger partial charge in [0.2, 0.25) is 0 Å². The predicted molar refractivity (Wildman–Crippen MR) is 74.7 cm³/mol. The van der Waals surface area contributed by atoms with E-state index in [0.717, 1.165) is 12.1 Å². The van der Waals surface area contributed by atoms with Gasteiger partial charge in [0.05, 0.1) is 0 Å². The van der Waals surface area contributed by atoms with E-state index in [-0.39, 0.29) is 17.3 Å². The van der Waals surface area contributed by atoms with E-state index in [1.165, 1.54) is 0 Å². The number of hydrogen-bond acceptors (Lipinski definition) is 3. The first kappa shape index (κ1) is 14.5. The van der Waals surface area contributed by atoms with Gasteiger partial charge in [-0.1, -0.05) is 56.3 Å². The molecule has 0 bridgehead atoms. The molecular formula is C14H23N3O. The van der Waals surface area contributed by atoms with Gasteiger partial charge in [0.15, 0.2) is 0 Å². The van der Waals surface area contributed by atoms with Gasteiger partial charge >= 0.3 is 0 Å². The zero-order valence-electron chi connectivity index (χ0n) is 11.4. The topological polar surface area (TPSA) is 70.6 Å². The van der Waals surface area contributed by atoms with Crippen LogP contribution in [-0.2, 0) is 0 Å². The highest BCUT2D eigenvalue weighted by Crippen LogP contribution is 2.19. The largest absolute Gasteiger partial charge is 0.409 e. The number of nitrogens with two attached hydrogens (primary N) is 1. The molecule has 0 amide bonds. The molecule has 0 aliphatic carbocycles. The number of nitrogens with one attached hydrogen (secondary N) is 1. The zero-order chi connectivity index (χ0) is 13.6. The Balaban J connectivity index is 2.76. The van der Waals surface area contributed by atoms with Crippen LogP contribution in [-0.4, -0.2) is 17.6 Å². The summed E-state index contributed by atoms with van der Waals surface area (Å²) in [6.45, 7) is 7.38. The molecule has 0 fully saturated rings. The molecule has 18 heavy (non-hydrogen) atoms. The van der Waals surface area contributed by atoms with Crippen molar-refractivity contribution in [2.24, 2.45) is 16.3 Å². The fourth-order valence-electron chi connectivity index (χ4n) is 1.67. The summed E-state index contributed by atoms with van der Waals surface area (Å²) in [5.74, 6) is 0.241. The number of benzene rings is 1. The van der Waals surface area contributed by atoms with Crippen LogP contribution in [0.5, 0.6) is 0 Å². The molecule has 1 atom stereocenters. The second-order valence-electron chi connectivity index (χ2n) is 5.70. The molecule has 4 heteroatoms. The maximum atomic E-state index is 8.69. The lowest BCUT2D eigenvalue weighted by Gasteiger charge is -2.25. The number of oxime groups is 1. The van der Waals surface area contributed by atoms with E-state index in [2.05, 4.69) is 31.2 Å². The van der Waals surface area contributed by atoms with Crippen LogP contribution in [0.15, 0.2) is 35.5 Å². The number of rotatable bonds is 5. The molecule has 0 aliphatic heterocycles. The van der Waals surface area contributed by atoms with Crippen molar-refractivity contribution < 1.29 is 5.21 Å². The Morgan fingerprint density at radius 2 is 1.94 bits per heavy atom. The van der Waals surface area contributed by atoms with Crippen molar-refractivity contribution in [3.63, 3.8) is 0 Å². The highest BCUT2D eigenvalue weighted by Gasteiger charge is 2.17. The van der Waals surface area contributed by atoms with Crippen molar-refractivity contribution in [1.29, 1.82) is 0 Å². The Morgan fingerprint density at radius 3 is 2.44 bits per heavy atom. The van der Waals surface area contributed by atoms with Crippen molar-refractivity contribution in [1.82, 2.24) is 5.32 Å². The molecular weight excluding hydrogens is 226 g/mol.